The molecular weight excluding hydrogens is 180 g/mol. The maximum Gasteiger partial charge on any atom is 0.108 e. The Labute approximate surface area is 84.2 Å². The van der Waals surface area contributed by atoms with Crippen LogP contribution in [-0.2, 0) is 13.0 Å². The quantitative estimate of drug-likeness (QED) is 0.721. The Morgan fingerprint density at radius 2 is 2.21 bits per heavy atom. The third kappa shape index (κ3) is 3.12. The summed E-state index contributed by atoms with van der Waals surface area (Å²) in [6.45, 7) is 4.46. The molecule has 0 aliphatic carbocycles. The fourth-order valence-electron chi connectivity index (χ4n) is 1.35. The number of aliphatic hydroxyl groups is 2. The predicted octanol–water partition coefficient (Wildman–Crippen LogP) is 0.435. The van der Waals surface area contributed by atoms with Crippen molar-refractivity contribution in [3.8, 4) is 0 Å². The van der Waals surface area contributed by atoms with Crippen molar-refractivity contribution in [2.24, 2.45) is 5.92 Å². The van der Waals surface area contributed by atoms with Crippen LogP contribution in [0, 0.1) is 5.92 Å². The van der Waals surface area contributed by atoms with E-state index >= 15 is 0 Å². The minimum Gasteiger partial charge on any atom is -0.394 e. The van der Waals surface area contributed by atoms with Crippen molar-refractivity contribution in [1.29, 1.82) is 0 Å². The molecule has 0 saturated carbocycles. The van der Waals surface area contributed by atoms with Gasteiger partial charge < -0.3 is 14.8 Å². The summed E-state index contributed by atoms with van der Waals surface area (Å²) in [6, 6.07) is 0. The van der Waals surface area contributed by atoms with Crippen molar-refractivity contribution >= 4 is 0 Å². The second-order valence-corrected chi connectivity index (χ2v) is 3.93. The topological polar surface area (TPSA) is 58.3 Å². The molecule has 14 heavy (non-hydrogen) atoms. The van der Waals surface area contributed by atoms with Crippen molar-refractivity contribution < 1.29 is 10.2 Å². The molecule has 1 rings (SSSR count). The molecule has 1 aromatic heterocycles. The van der Waals surface area contributed by atoms with Crippen molar-refractivity contribution in [1.82, 2.24) is 9.55 Å². The molecule has 0 amide bonds. The average molecular weight is 198 g/mol. The number of imidazole rings is 1. The first-order valence-electron chi connectivity index (χ1n) is 4.92. The van der Waals surface area contributed by atoms with Crippen LogP contribution in [-0.4, -0.2) is 32.5 Å². The molecule has 0 radical (unpaired) electrons. The van der Waals surface area contributed by atoms with E-state index in [1.807, 2.05) is 10.8 Å². The molecule has 1 atom stereocenters. The summed E-state index contributed by atoms with van der Waals surface area (Å²) in [6.07, 6.45) is 3.75. The molecule has 2 N–H and O–H groups in total. The lowest BCUT2D eigenvalue weighted by Crippen LogP contribution is -2.21. The van der Waals surface area contributed by atoms with Crippen molar-refractivity contribution in [3.05, 3.63) is 18.2 Å². The van der Waals surface area contributed by atoms with Crippen molar-refractivity contribution in [2.75, 3.05) is 6.61 Å². The van der Waals surface area contributed by atoms with Crippen LogP contribution in [0.4, 0.5) is 0 Å². The predicted molar refractivity (Wildman–Crippen MR) is 53.9 cm³/mol. The number of hydrogen-bond acceptors (Lipinski definition) is 3. The van der Waals surface area contributed by atoms with Gasteiger partial charge in [-0.05, 0) is 5.92 Å². The van der Waals surface area contributed by atoms with Crippen LogP contribution in [0.5, 0.6) is 0 Å². The van der Waals surface area contributed by atoms with E-state index in [0.717, 1.165) is 12.2 Å². The first-order valence-corrected chi connectivity index (χ1v) is 4.92. The SMILES string of the molecule is CC(C)Cc1nccn1CC(O)CO. The molecule has 1 aromatic rings. The number of nitrogens with zero attached hydrogens (tertiary/aromatic N) is 2. The fourth-order valence-corrected chi connectivity index (χ4v) is 1.35. The summed E-state index contributed by atoms with van der Waals surface area (Å²) in [7, 11) is 0. The smallest absolute Gasteiger partial charge is 0.108 e. The number of hydrogen-bond donors (Lipinski definition) is 2. The minimum absolute atomic E-state index is 0.209. The van der Waals surface area contributed by atoms with Gasteiger partial charge in [-0.3, -0.25) is 0 Å². The molecule has 1 unspecified atom stereocenters. The van der Waals surface area contributed by atoms with E-state index in [0.29, 0.717) is 12.5 Å². The van der Waals surface area contributed by atoms with Crippen molar-refractivity contribution in [2.45, 2.75) is 32.9 Å². The Morgan fingerprint density at radius 1 is 1.50 bits per heavy atom. The van der Waals surface area contributed by atoms with Gasteiger partial charge in [0.2, 0.25) is 0 Å². The highest BCUT2D eigenvalue weighted by atomic mass is 16.3. The molecule has 0 spiro atoms. The minimum atomic E-state index is -0.699. The van der Waals surface area contributed by atoms with Crippen molar-refractivity contribution in [3.63, 3.8) is 0 Å². The summed E-state index contributed by atoms with van der Waals surface area (Å²) < 4.78 is 1.89. The van der Waals surface area contributed by atoms with E-state index in [-0.39, 0.29) is 6.61 Å². The van der Waals surface area contributed by atoms with Crippen LogP contribution in [0.3, 0.4) is 0 Å². The van der Waals surface area contributed by atoms with Gasteiger partial charge in [-0.1, -0.05) is 13.8 Å². The van der Waals surface area contributed by atoms with Gasteiger partial charge in [-0.2, -0.15) is 0 Å². The lowest BCUT2D eigenvalue weighted by molar-refractivity contribution is 0.0804. The second-order valence-electron chi connectivity index (χ2n) is 3.93. The summed E-state index contributed by atoms with van der Waals surface area (Å²) >= 11 is 0. The third-order valence-electron chi connectivity index (χ3n) is 2.01. The number of aromatic nitrogens is 2. The monoisotopic (exact) mass is 198 g/mol. The molecular formula is C10H18N2O2. The fraction of sp³-hybridized carbons (Fsp3) is 0.700. The van der Waals surface area contributed by atoms with Crippen LogP contribution in [0.15, 0.2) is 12.4 Å². The molecule has 0 saturated heterocycles. The van der Waals surface area contributed by atoms with Gasteiger partial charge in [0.05, 0.1) is 19.3 Å². The van der Waals surface area contributed by atoms with Gasteiger partial charge in [0.25, 0.3) is 0 Å². The molecule has 0 aliphatic heterocycles. The molecule has 1 heterocycles. The van der Waals surface area contributed by atoms with E-state index < -0.39 is 6.10 Å². The van der Waals surface area contributed by atoms with E-state index in [1.165, 1.54) is 0 Å². The summed E-state index contributed by atoms with van der Waals surface area (Å²) in [5.74, 6) is 1.51. The molecule has 4 heteroatoms. The van der Waals surface area contributed by atoms with Crippen LogP contribution >= 0.6 is 0 Å². The largest absolute Gasteiger partial charge is 0.394 e. The van der Waals surface area contributed by atoms with Gasteiger partial charge in [0.15, 0.2) is 0 Å². The summed E-state index contributed by atoms with van der Waals surface area (Å²) in [4.78, 5) is 4.21. The standard InChI is InChI=1S/C10H18N2O2/c1-8(2)5-10-11-3-4-12(10)6-9(14)7-13/h3-4,8-9,13-14H,5-7H2,1-2H3. The zero-order valence-corrected chi connectivity index (χ0v) is 8.72. The van der Waals surface area contributed by atoms with Gasteiger partial charge >= 0.3 is 0 Å². The molecule has 0 bridgehead atoms. The summed E-state index contributed by atoms with van der Waals surface area (Å²) in [5, 5.41) is 18.0. The molecule has 0 aromatic carbocycles. The maximum atomic E-state index is 9.29. The van der Waals surface area contributed by atoms with E-state index in [9.17, 15) is 5.11 Å². The van der Waals surface area contributed by atoms with Gasteiger partial charge in [-0.15, -0.1) is 0 Å². The van der Waals surface area contributed by atoms with E-state index in [2.05, 4.69) is 18.8 Å². The Morgan fingerprint density at radius 3 is 2.79 bits per heavy atom. The molecule has 4 nitrogen and oxygen atoms in total. The normalized spacial score (nSPS) is 13.5. The Balaban J connectivity index is 2.62. The van der Waals surface area contributed by atoms with Gasteiger partial charge in [0, 0.05) is 18.8 Å². The lowest BCUT2D eigenvalue weighted by Gasteiger charge is -2.12. The first-order chi connectivity index (χ1) is 6.63. The van der Waals surface area contributed by atoms with Gasteiger partial charge in [-0.25, -0.2) is 4.98 Å². The maximum absolute atomic E-state index is 9.29. The van der Waals surface area contributed by atoms with Crippen LogP contribution in [0.25, 0.3) is 0 Å². The number of aliphatic hydroxyl groups excluding tert-OH is 2. The second kappa shape index (κ2) is 5.12. The number of rotatable bonds is 5. The van der Waals surface area contributed by atoms with Gasteiger partial charge in [0.1, 0.15) is 5.82 Å². The zero-order valence-electron chi connectivity index (χ0n) is 8.72. The van der Waals surface area contributed by atoms with Crippen LogP contribution in [0.2, 0.25) is 0 Å². The van der Waals surface area contributed by atoms with E-state index in [1.54, 1.807) is 6.20 Å². The Kier molecular flexibility index (Phi) is 4.10. The average Bonchev–Trinajstić information content (AvgIpc) is 2.52. The highest BCUT2D eigenvalue weighted by Gasteiger charge is 2.08. The highest BCUT2D eigenvalue weighted by Crippen LogP contribution is 2.06. The molecule has 0 fully saturated rings. The Bertz CT molecular complexity index is 271. The molecule has 0 aliphatic rings. The first kappa shape index (κ1) is 11.2. The van der Waals surface area contributed by atoms with E-state index in [4.69, 9.17) is 5.11 Å². The highest BCUT2D eigenvalue weighted by molar-refractivity contribution is 4.93. The summed E-state index contributed by atoms with van der Waals surface area (Å²) in [5.41, 5.74) is 0. The Hall–Kier alpha value is -0.870. The zero-order chi connectivity index (χ0) is 10.6. The van der Waals surface area contributed by atoms with Crippen LogP contribution in [0.1, 0.15) is 19.7 Å². The molecule has 80 valence electrons. The lowest BCUT2D eigenvalue weighted by atomic mass is 10.1. The third-order valence-corrected chi connectivity index (χ3v) is 2.01. The van der Waals surface area contributed by atoms with Crippen LogP contribution < -0.4 is 0 Å².